The number of anilines is 1. The lowest BCUT2D eigenvalue weighted by Gasteiger charge is -2.35. The number of ether oxygens (including phenoxy) is 1. The molecule has 1 fully saturated rings. The molecule has 2 N–H and O–H groups in total. The van der Waals surface area contributed by atoms with E-state index in [4.69, 9.17) is 4.74 Å². The first-order chi connectivity index (χ1) is 12.3. The number of nitrogens with zero attached hydrogens (tertiary/aromatic N) is 2. The zero-order valence-corrected chi connectivity index (χ0v) is 16.6. The van der Waals surface area contributed by atoms with Crippen LogP contribution in [0.2, 0.25) is 0 Å². The Morgan fingerprint density at radius 3 is 3.04 bits per heavy atom. The van der Waals surface area contributed by atoms with Gasteiger partial charge in [0.2, 0.25) is 0 Å². The quantitative estimate of drug-likeness (QED) is 0.422. The molecule has 0 aliphatic carbocycles. The molecule has 1 aliphatic heterocycles. The van der Waals surface area contributed by atoms with Gasteiger partial charge in [-0.1, -0.05) is 6.07 Å². The summed E-state index contributed by atoms with van der Waals surface area (Å²) in [6.45, 7) is 3.05. The summed E-state index contributed by atoms with van der Waals surface area (Å²) in [6, 6.07) is 8.73. The topological polar surface area (TPSA) is 48.9 Å². The predicted octanol–water partition coefficient (Wildman–Crippen LogP) is 2.97. The molecule has 1 atom stereocenters. The van der Waals surface area contributed by atoms with Crippen LogP contribution >= 0.6 is 11.8 Å². The first-order valence-corrected chi connectivity index (χ1v) is 10.5. The van der Waals surface area contributed by atoms with Crippen LogP contribution in [0.3, 0.4) is 0 Å². The molecule has 0 radical (unpaired) electrons. The van der Waals surface area contributed by atoms with Crippen molar-refractivity contribution in [1.82, 2.24) is 10.6 Å². The number of benzene rings is 1. The third-order valence-electron chi connectivity index (χ3n) is 4.47. The molecule has 0 amide bonds. The molecule has 140 valence electrons. The number of nitrogens with one attached hydrogen (secondary N) is 2. The fraction of sp³-hybridized carbons (Fsp3) is 0.632. The molecular weight excluding hydrogens is 332 g/mol. The number of aliphatic imine (C=N–C) groups is 1. The molecule has 1 aromatic rings. The van der Waals surface area contributed by atoms with Crippen molar-refractivity contribution in [1.29, 1.82) is 0 Å². The highest BCUT2D eigenvalue weighted by Crippen LogP contribution is 2.24. The lowest BCUT2D eigenvalue weighted by molar-refractivity contribution is 0.414. The number of rotatable bonds is 8. The maximum Gasteiger partial charge on any atom is 0.191 e. The van der Waals surface area contributed by atoms with E-state index in [0.29, 0.717) is 6.04 Å². The summed E-state index contributed by atoms with van der Waals surface area (Å²) >= 11 is 1.91. The molecule has 1 aromatic carbocycles. The lowest BCUT2D eigenvalue weighted by atomic mass is 10.0. The standard InChI is InChI=1S/C19H32N4OS/c1-20-19(21-11-4-5-13-25-3)22-16-8-7-12-23(15-16)17-9-6-10-18(14-17)24-2/h6,9-10,14,16H,4-5,7-8,11-13,15H2,1-3H3,(H2,20,21,22). The fourth-order valence-electron chi connectivity index (χ4n) is 3.10. The van der Waals surface area contributed by atoms with Crippen LogP contribution in [-0.2, 0) is 0 Å². The Bertz CT molecular complexity index is 538. The second kappa shape index (κ2) is 11.1. The van der Waals surface area contributed by atoms with Gasteiger partial charge in [-0.3, -0.25) is 4.99 Å². The largest absolute Gasteiger partial charge is 0.497 e. The minimum atomic E-state index is 0.414. The molecule has 1 saturated heterocycles. The van der Waals surface area contributed by atoms with Gasteiger partial charge in [0.25, 0.3) is 0 Å². The summed E-state index contributed by atoms with van der Waals surface area (Å²) in [4.78, 5) is 6.80. The average Bonchev–Trinajstić information content (AvgIpc) is 2.67. The van der Waals surface area contributed by atoms with Crippen LogP contribution < -0.4 is 20.3 Å². The summed E-state index contributed by atoms with van der Waals surface area (Å²) in [7, 11) is 3.56. The van der Waals surface area contributed by atoms with Crippen molar-refractivity contribution in [2.45, 2.75) is 31.7 Å². The molecule has 25 heavy (non-hydrogen) atoms. The molecule has 0 bridgehead atoms. The average molecular weight is 365 g/mol. The first-order valence-electron chi connectivity index (χ1n) is 9.12. The van der Waals surface area contributed by atoms with E-state index in [1.807, 2.05) is 24.9 Å². The summed E-state index contributed by atoms with van der Waals surface area (Å²) in [6.07, 6.45) is 6.94. The summed E-state index contributed by atoms with van der Waals surface area (Å²) in [5, 5.41) is 7.03. The Labute approximate surface area is 156 Å². The van der Waals surface area contributed by atoms with E-state index < -0.39 is 0 Å². The van der Waals surface area contributed by atoms with E-state index >= 15 is 0 Å². The number of unbranched alkanes of at least 4 members (excludes halogenated alkanes) is 1. The van der Waals surface area contributed by atoms with E-state index in [9.17, 15) is 0 Å². The Hall–Kier alpha value is -1.56. The van der Waals surface area contributed by atoms with Crippen molar-refractivity contribution >= 4 is 23.4 Å². The van der Waals surface area contributed by atoms with Crippen LogP contribution in [-0.4, -0.2) is 57.8 Å². The van der Waals surface area contributed by atoms with Gasteiger partial charge in [0.15, 0.2) is 5.96 Å². The van der Waals surface area contributed by atoms with Crippen LogP contribution in [0.25, 0.3) is 0 Å². The second-order valence-corrected chi connectivity index (χ2v) is 7.32. The molecule has 1 unspecified atom stereocenters. The smallest absolute Gasteiger partial charge is 0.191 e. The minimum absolute atomic E-state index is 0.414. The lowest BCUT2D eigenvalue weighted by Crippen LogP contribution is -2.51. The minimum Gasteiger partial charge on any atom is -0.497 e. The molecule has 1 aliphatic rings. The highest BCUT2D eigenvalue weighted by Gasteiger charge is 2.21. The zero-order chi connectivity index (χ0) is 17.9. The molecule has 1 heterocycles. The fourth-order valence-corrected chi connectivity index (χ4v) is 3.60. The third-order valence-corrected chi connectivity index (χ3v) is 5.17. The number of methoxy groups -OCH3 is 1. The van der Waals surface area contributed by atoms with Crippen LogP contribution in [0.15, 0.2) is 29.3 Å². The van der Waals surface area contributed by atoms with E-state index in [2.05, 4.69) is 45.0 Å². The van der Waals surface area contributed by atoms with E-state index in [1.54, 1.807) is 7.11 Å². The molecule has 2 rings (SSSR count). The maximum atomic E-state index is 5.35. The van der Waals surface area contributed by atoms with Crippen LogP contribution in [0.5, 0.6) is 5.75 Å². The number of hydrogen-bond acceptors (Lipinski definition) is 4. The van der Waals surface area contributed by atoms with Gasteiger partial charge in [-0.25, -0.2) is 0 Å². The van der Waals surface area contributed by atoms with Crippen molar-refractivity contribution in [2.75, 3.05) is 50.7 Å². The highest BCUT2D eigenvalue weighted by molar-refractivity contribution is 7.98. The van der Waals surface area contributed by atoms with Gasteiger partial charge in [0.05, 0.1) is 7.11 Å². The monoisotopic (exact) mass is 364 g/mol. The van der Waals surface area contributed by atoms with Gasteiger partial charge in [-0.2, -0.15) is 11.8 Å². The van der Waals surface area contributed by atoms with Crippen molar-refractivity contribution < 1.29 is 4.74 Å². The van der Waals surface area contributed by atoms with Gasteiger partial charge < -0.3 is 20.3 Å². The van der Waals surface area contributed by atoms with E-state index in [-0.39, 0.29) is 0 Å². The second-order valence-electron chi connectivity index (χ2n) is 6.33. The van der Waals surface area contributed by atoms with Crippen molar-refractivity contribution in [3.8, 4) is 5.75 Å². The van der Waals surface area contributed by atoms with Crippen molar-refractivity contribution in [2.24, 2.45) is 4.99 Å². The van der Waals surface area contributed by atoms with Crippen molar-refractivity contribution in [3.63, 3.8) is 0 Å². The van der Waals surface area contributed by atoms with E-state index in [1.165, 1.54) is 37.1 Å². The van der Waals surface area contributed by atoms with E-state index in [0.717, 1.165) is 31.3 Å². The maximum absolute atomic E-state index is 5.35. The van der Waals surface area contributed by atoms with Crippen molar-refractivity contribution in [3.05, 3.63) is 24.3 Å². The molecule has 6 heteroatoms. The first kappa shape index (κ1) is 19.8. The molecule has 0 aromatic heterocycles. The van der Waals surface area contributed by atoms with Gasteiger partial charge >= 0.3 is 0 Å². The molecule has 0 saturated carbocycles. The van der Waals surface area contributed by atoms with Gasteiger partial charge in [-0.05, 0) is 49.8 Å². The SMILES string of the molecule is CN=C(NCCCCSC)NC1CCCN(c2cccc(OC)c2)C1. The van der Waals surface area contributed by atoms with Crippen LogP contribution in [0, 0.1) is 0 Å². The Morgan fingerprint density at radius 2 is 2.28 bits per heavy atom. The summed E-state index contributed by atoms with van der Waals surface area (Å²) in [5.74, 6) is 3.06. The number of piperidine rings is 1. The highest BCUT2D eigenvalue weighted by atomic mass is 32.2. The Kier molecular flexibility index (Phi) is 8.80. The summed E-state index contributed by atoms with van der Waals surface area (Å²) < 4.78 is 5.35. The molecular formula is C19H32N4OS. The third kappa shape index (κ3) is 6.69. The number of guanidine groups is 1. The van der Waals surface area contributed by atoms with Crippen LogP contribution in [0.1, 0.15) is 25.7 Å². The van der Waals surface area contributed by atoms with Crippen LogP contribution in [0.4, 0.5) is 5.69 Å². The molecule has 0 spiro atoms. The zero-order valence-electron chi connectivity index (χ0n) is 15.8. The molecule has 5 nitrogen and oxygen atoms in total. The Balaban J connectivity index is 1.83. The summed E-state index contributed by atoms with van der Waals surface area (Å²) in [5.41, 5.74) is 1.23. The van der Waals surface area contributed by atoms with Gasteiger partial charge in [0, 0.05) is 44.5 Å². The normalized spacial score (nSPS) is 18.1. The van der Waals surface area contributed by atoms with Gasteiger partial charge in [-0.15, -0.1) is 0 Å². The predicted molar refractivity (Wildman–Crippen MR) is 110 cm³/mol. The number of thioether (sulfide) groups is 1. The van der Waals surface area contributed by atoms with Gasteiger partial charge in [0.1, 0.15) is 5.75 Å². The number of hydrogen-bond donors (Lipinski definition) is 2. The Morgan fingerprint density at radius 1 is 1.40 bits per heavy atom.